The lowest BCUT2D eigenvalue weighted by Crippen LogP contribution is -2.50. The van der Waals surface area contributed by atoms with Crippen molar-refractivity contribution >= 4 is 247 Å². The van der Waals surface area contributed by atoms with Crippen LogP contribution in [-0.2, 0) is 106 Å². The number of carboxylic acids is 1. The Morgan fingerprint density at radius 3 is 1.01 bits per heavy atom. The number of nitrogens with two attached hydrogens (primary N) is 2. The van der Waals surface area contributed by atoms with E-state index in [1.165, 1.54) is 30.0 Å². The minimum absolute atomic E-state index is 0. The van der Waals surface area contributed by atoms with Gasteiger partial charge in [-0.2, -0.15) is 17.5 Å². The fourth-order valence-corrected chi connectivity index (χ4v) is 12.8. The molecule has 0 aliphatic rings. The number of amidine groups is 1. The normalized spacial score (nSPS) is 11.2. The number of carboxylic acid groups (broad SMARTS) is 1. The number of nitrogens with one attached hydrogen (secondary N) is 1. The Hall–Kier alpha value is -6.06. The van der Waals surface area contributed by atoms with E-state index >= 15 is 0 Å². The van der Waals surface area contributed by atoms with E-state index in [1.807, 2.05) is 51.1 Å². The van der Waals surface area contributed by atoms with Gasteiger partial charge in [0.25, 0.3) is 0 Å². The molecule has 5 aromatic rings. The maximum absolute atomic E-state index is 13.4. The number of carbonyl (C=O) groups excluding carboxylic acids is 10. The van der Waals surface area contributed by atoms with Gasteiger partial charge in [0.2, 0.25) is 18.1 Å². The van der Waals surface area contributed by atoms with E-state index < -0.39 is 96.4 Å². The van der Waals surface area contributed by atoms with Crippen LogP contribution in [0.1, 0.15) is 327 Å². The number of aryl methyl sites for hydroxylation is 4. The fraction of sp³-hybridized carbons (Fsp3) is 0.697. The highest BCUT2D eigenvalue weighted by Crippen LogP contribution is 2.38. The Kier molecular flexibility index (Phi) is 77.4. The van der Waals surface area contributed by atoms with E-state index in [-0.39, 0.29) is 66.4 Å². The lowest BCUT2D eigenvalue weighted by atomic mass is 9.82. The molecule has 33 nitrogen and oxygen atoms in total. The molecule has 0 aliphatic heterocycles. The average Bonchev–Trinajstić information content (AvgIpc) is 1.74. The van der Waals surface area contributed by atoms with E-state index in [0.717, 1.165) is 90.7 Å². The zero-order chi connectivity index (χ0) is 105. The zero-order valence-electron chi connectivity index (χ0n) is 83.1. The van der Waals surface area contributed by atoms with Crippen LogP contribution >= 0.6 is 167 Å². The van der Waals surface area contributed by atoms with Crippen LogP contribution in [0, 0.1) is 39.0 Å². The molecule has 1 atom stereocenters. The number of hydrogen-bond acceptors (Lipinski definition) is 36. The molecule has 1 aromatic carbocycles. The van der Waals surface area contributed by atoms with Gasteiger partial charge in [0.1, 0.15) is 82.1 Å². The molecule has 0 saturated carbocycles. The summed E-state index contributed by atoms with van der Waals surface area (Å²) >= 11 is 40.8. The van der Waals surface area contributed by atoms with Crippen molar-refractivity contribution in [3.05, 3.63) is 72.6 Å². The molecule has 5 rings (SSSR count). The van der Waals surface area contributed by atoms with Crippen molar-refractivity contribution < 1.29 is 105 Å². The highest BCUT2D eigenvalue weighted by Gasteiger charge is 2.55. The second-order valence-corrected chi connectivity index (χ2v) is 44.1. The fourth-order valence-electron chi connectivity index (χ4n) is 9.42. The molecule has 1 unspecified atom stereocenters. The summed E-state index contributed by atoms with van der Waals surface area (Å²) in [6, 6.07) is 9.49. The molecule has 0 spiro atoms. The van der Waals surface area contributed by atoms with Crippen molar-refractivity contribution in [2.45, 2.75) is 364 Å². The maximum Gasteiger partial charge on any atom is 0.331 e. The number of aromatic nitrogens is 8. The van der Waals surface area contributed by atoms with Crippen LogP contribution in [-0.4, -0.2) is 186 Å². The first-order valence-electron chi connectivity index (χ1n) is 43.2. The van der Waals surface area contributed by atoms with Gasteiger partial charge in [0, 0.05) is 36.7 Å². The molecular formula is C89H145BrCl6IN11O22S5. The van der Waals surface area contributed by atoms with Crippen LogP contribution in [0.4, 0.5) is 5.69 Å². The molecule has 0 radical (unpaired) electrons. The SMILES string of the molecule is CC(=N)N.CC(C)(C)OC(=O)CC(=O)OC(C)(C)C.CCOC(=O)CCCCCBr.CCOC(=O)CCCCCC(C(=O)O)c1nc(C)ns1.CCOC(=O)CCCCCC(C(=O)OC(C)(C)C)(C(=O)OC(C)(C)C)c1nc(C)ns1.CCOC(=O)CCCCCC(C(=O)OC(C)(C)C)C(=O)OC(C)(C)C.Cc1nsc(Cl)n1.Cc1nsc(Cl)n1.Cl.Nc1ccccc1.S=C(I)C(Cl)(Cl)Cl. The molecule has 0 bridgehead atoms. The largest absolute Gasteiger partial charge is 0.481 e. The first kappa shape index (κ1) is 140. The summed E-state index contributed by atoms with van der Waals surface area (Å²) in [5.41, 5.74) is 5.10. The number of anilines is 1. The van der Waals surface area contributed by atoms with Gasteiger partial charge in [-0.05, 0) is 342 Å². The lowest BCUT2D eigenvalue weighted by Gasteiger charge is -2.33. The molecule has 0 amide bonds. The Labute approximate surface area is 873 Å². The number of nitrogen functional groups attached to an aromatic ring is 1. The highest BCUT2D eigenvalue weighted by atomic mass is 127. The Morgan fingerprint density at radius 1 is 0.467 bits per heavy atom. The predicted octanol–water partition coefficient (Wildman–Crippen LogP) is 22.9. The summed E-state index contributed by atoms with van der Waals surface area (Å²) in [6.07, 6.45) is 11.5. The van der Waals surface area contributed by atoms with E-state index in [2.05, 4.69) is 65.6 Å². The van der Waals surface area contributed by atoms with Gasteiger partial charge in [-0.15, -0.1) is 12.4 Å². The van der Waals surface area contributed by atoms with Crippen LogP contribution in [0.15, 0.2) is 30.3 Å². The van der Waals surface area contributed by atoms with Crippen LogP contribution in [0.3, 0.4) is 0 Å². The van der Waals surface area contributed by atoms with Gasteiger partial charge >= 0.3 is 65.7 Å². The third-order valence-electron chi connectivity index (χ3n) is 14.5. The third kappa shape index (κ3) is 84.5. The number of hydrogen-bond donors (Lipinski definition) is 4. The lowest BCUT2D eigenvalue weighted by molar-refractivity contribution is -0.179. The number of thiocarbonyl (C=S) groups is 1. The number of halogens is 8. The van der Waals surface area contributed by atoms with Crippen LogP contribution in [0.25, 0.3) is 0 Å². The van der Waals surface area contributed by atoms with Gasteiger partial charge in [-0.1, -0.05) is 126 Å². The van der Waals surface area contributed by atoms with Crippen LogP contribution in [0.5, 0.6) is 0 Å². The predicted molar refractivity (Wildman–Crippen MR) is 554 cm³/mol. The van der Waals surface area contributed by atoms with Gasteiger partial charge in [-0.3, -0.25) is 58.1 Å². The summed E-state index contributed by atoms with van der Waals surface area (Å²) in [5.74, 6) is -4.05. The minimum Gasteiger partial charge on any atom is -0.481 e. The molecule has 6 N–H and O–H groups in total. The molecule has 4 aromatic heterocycles. The van der Waals surface area contributed by atoms with Crippen molar-refractivity contribution in [2.75, 3.05) is 37.5 Å². The number of rotatable bonds is 36. The third-order valence-corrected chi connectivity index (χ3v) is 21.7. The number of alkyl halides is 4. The summed E-state index contributed by atoms with van der Waals surface area (Å²) in [4.78, 5) is 146. The second kappa shape index (κ2) is 74.9. The topological polar surface area (TPSA) is 479 Å². The standard InChI is InChI=1S/C22H36N2O6S.C19H34O6.C13H20N2O4S.C11H20O4.C8H15BrO2.C6H7N.2C3H3ClN2S.C2Cl3IS.C2H6N2.ClH/c1-9-28-16(25)13-11-10-12-14-22(17-23-15(2)24-31-17,18(26)29-20(3,4)5)19(27)30-21(6,7)8;1-8-23-15(20)13-11-9-10-12-14(16(21)24-18(2,3)4)17(22)25-19(5,6)7;1-3-19-11(16)8-6-4-5-7-10(13(17)18)12-14-9(2)15-20-12;1-10(2,3)14-8(12)7-9(13)15-11(4,5)6;1-2-11-8(10)6-4-3-5-7-9;7-6-4-2-1-3-5-6;2*1-2-5-3(4)7-6-2;3-2(4,5)1(6)7;1-2(3)4;/h9-14H2,1-8H3;14H,8-13H2,1-7H3;10H,3-8H2,1-2H3,(H,17,18);7H2,1-6H3;2-7H2,1H3;1-5H,7H2;2*1H3;;1H3,(H3,3,4);1H. The van der Waals surface area contributed by atoms with Crippen LogP contribution in [0.2, 0.25) is 8.93 Å². The van der Waals surface area contributed by atoms with Gasteiger partial charge < -0.3 is 63.9 Å². The van der Waals surface area contributed by atoms with Crippen molar-refractivity contribution in [2.24, 2.45) is 11.7 Å². The van der Waals surface area contributed by atoms with E-state index in [4.69, 9.17) is 122 Å². The second-order valence-electron chi connectivity index (χ2n) is 34.6. The van der Waals surface area contributed by atoms with Gasteiger partial charge in [0.05, 0.1) is 32.3 Å². The van der Waals surface area contributed by atoms with E-state index in [1.54, 1.807) is 182 Å². The Bertz CT molecular complexity index is 4070. The molecule has 0 saturated heterocycles. The van der Waals surface area contributed by atoms with Crippen molar-refractivity contribution in [3.63, 3.8) is 0 Å². The average molecular weight is 2300 g/mol. The summed E-state index contributed by atoms with van der Waals surface area (Å²) < 4.78 is 67.2. The molecule has 46 heteroatoms. The molecule has 0 aliphatic carbocycles. The molecule has 135 heavy (non-hydrogen) atoms. The first-order valence-corrected chi connectivity index (χ1v) is 50.8. The van der Waals surface area contributed by atoms with Gasteiger partial charge in [-0.25, -0.2) is 19.9 Å². The van der Waals surface area contributed by atoms with Gasteiger partial charge in [0.15, 0.2) is 5.92 Å². The van der Waals surface area contributed by atoms with Crippen molar-refractivity contribution in [1.29, 1.82) is 5.41 Å². The minimum atomic E-state index is -1.71. The summed E-state index contributed by atoms with van der Waals surface area (Å²) in [7, 11) is 0. The van der Waals surface area contributed by atoms with Crippen molar-refractivity contribution in [1.82, 2.24) is 37.4 Å². The Balaban J connectivity index is -0.000000362. The van der Waals surface area contributed by atoms with Crippen molar-refractivity contribution in [3.8, 4) is 0 Å². The highest BCUT2D eigenvalue weighted by molar-refractivity contribution is 14.1. The smallest absolute Gasteiger partial charge is 0.331 e. The van der Waals surface area contributed by atoms with E-state index in [9.17, 15) is 57.8 Å². The molecule has 774 valence electrons. The first-order chi connectivity index (χ1) is 61.6. The summed E-state index contributed by atoms with van der Waals surface area (Å²) in [5, 5.41) is 17.3. The maximum atomic E-state index is 13.4. The number of carbonyl (C=O) groups is 11. The molecule has 0 fully saturated rings. The quantitative estimate of drug-likeness (QED) is 0.00247. The number of para-hydroxylation sites is 1. The molecule has 4 heterocycles. The number of nitrogens with zero attached hydrogens (tertiary/aromatic N) is 8. The summed E-state index contributed by atoms with van der Waals surface area (Å²) in [6.45, 7) is 48.9. The monoisotopic (exact) mass is 2300 g/mol. The number of esters is 10. The molecular weight excluding hydrogens is 2150 g/mol. The number of ether oxygens (including phenoxy) is 10. The number of unbranched alkanes of at least 4 members (excludes halogenated alkanes) is 8. The number of aliphatic carboxylic acids is 1. The van der Waals surface area contributed by atoms with E-state index in [0.29, 0.717) is 119 Å². The zero-order valence-corrected chi connectivity index (χ0v) is 95.5. The Morgan fingerprint density at radius 2 is 0.770 bits per heavy atom. The van der Waals surface area contributed by atoms with Crippen LogP contribution < -0.4 is 11.5 Å². The number of benzene rings is 1.